The molecular formula is C26H15BrO. The van der Waals surface area contributed by atoms with Crippen LogP contribution in [0.5, 0.6) is 0 Å². The van der Waals surface area contributed by atoms with Crippen molar-refractivity contribution in [1.29, 1.82) is 0 Å². The molecule has 0 atom stereocenters. The van der Waals surface area contributed by atoms with Crippen LogP contribution in [0.4, 0.5) is 0 Å². The highest BCUT2D eigenvalue weighted by molar-refractivity contribution is 9.10. The second kappa shape index (κ2) is 5.95. The second-order valence-corrected chi connectivity index (χ2v) is 6.74. The number of rotatable bonds is 1. The van der Waals surface area contributed by atoms with E-state index >= 15 is 0 Å². The molecule has 0 aliphatic carbocycles. The molecule has 0 radical (unpaired) electrons. The van der Waals surface area contributed by atoms with E-state index in [0.29, 0.717) is 0 Å². The van der Waals surface area contributed by atoms with Crippen LogP contribution in [0.15, 0.2) is 99.5 Å². The summed E-state index contributed by atoms with van der Waals surface area (Å²) in [7, 11) is 0. The normalized spacial score (nSPS) is 19.2. The van der Waals surface area contributed by atoms with Crippen LogP contribution in [0.3, 0.4) is 0 Å². The first-order valence-electron chi connectivity index (χ1n) is 15.6. The van der Waals surface area contributed by atoms with Crippen molar-refractivity contribution in [3.8, 4) is 11.1 Å². The zero-order chi connectivity index (χ0) is 31.7. The molecule has 0 saturated carbocycles. The van der Waals surface area contributed by atoms with Gasteiger partial charge in [-0.05, 0) is 66.7 Å². The fraction of sp³-hybridized carbons (Fsp3) is 0. The molecule has 5 aromatic carbocycles. The van der Waals surface area contributed by atoms with Gasteiger partial charge in [-0.1, -0.05) is 72.5 Å². The van der Waals surface area contributed by atoms with Crippen molar-refractivity contribution in [2.45, 2.75) is 0 Å². The van der Waals surface area contributed by atoms with Crippen LogP contribution in [0.2, 0.25) is 0 Å². The van der Waals surface area contributed by atoms with E-state index in [2.05, 4.69) is 15.9 Å². The Labute approximate surface area is 191 Å². The molecule has 6 rings (SSSR count). The Hall–Kier alpha value is -3.10. The van der Waals surface area contributed by atoms with Crippen LogP contribution < -0.4 is 0 Å². The zero-order valence-electron chi connectivity index (χ0n) is 28.8. The minimum atomic E-state index is -0.683. The molecule has 0 aliphatic heterocycles. The summed E-state index contributed by atoms with van der Waals surface area (Å²) in [6.07, 6.45) is 0. The molecular weight excluding hydrogens is 408 g/mol. The van der Waals surface area contributed by atoms with Crippen molar-refractivity contribution in [3.05, 3.63) is 95.1 Å². The minimum absolute atomic E-state index is 0.0575. The molecule has 0 saturated heterocycles. The summed E-state index contributed by atoms with van der Waals surface area (Å²) >= 11 is 3.30. The van der Waals surface area contributed by atoms with Gasteiger partial charge in [0.25, 0.3) is 0 Å². The summed E-state index contributed by atoms with van der Waals surface area (Å²) in [5.74, 6) is 0. The highest BCUT2D eigenvalue weighted by Gasteiger charge is 2.15. The molecule has 2 heteroatoms. The van der Waals surface area contributed by atoms with Crippen LogP contribution in [0.1, 0.15) is 20.6 Å². The van der Waals surface area contributed by atoms with Crippen molar-refractivity contribution >= 4 is 59.4 Å². The van der Waals surface area contributed by atoms with Crippen molar-refractivity contribution in [2.75, 3.05) is 0 Å². The van der Waals surface area contributed by atoms with E-state index in [4.69, 9.17) is 25.0 Å². The maximum Gasteiger partial charge on any atom is 0.136 e. The number of fused-ring (bicyclic) bond motifs is 5. The molecule has 1 heterocycles. The number of benzene rings is 5. The van der Waals surface area contributed by atoms with E-state index < -0.39 is 102 Å². The number of halogens is 1. The minimum Gasteiger partial charge on any atom is -0.456 e. The third kappa shape index (κ3) is 2.18. The van der Waals surface area contributed by atoms with Gasteiger partial charge in [0, 0.05) is 15.2 Å². The van der Waals surface area contributed by atoms with E-state index in [1.807, 2.05) is 0 Å². The van der Waals surface area contributed by atoms with E-state index in [1.54, 1.807) is 0 Å². The lowest BCUT2D eigenvalue weighted by molar-refractivity contribution is 0.669. The second-order valence-electron chi connectivity index (χ2n) is 5.95. The lowest BCUT2D eigenvalue weighted by Crippen LogP contribution is -1.87. The van der Waals surface area contributed by atoms with E-state index in [9.17, 15) is 0 Å². The van der Waals surface area contributed by atoms with Gasteiger partial charge in [-0.15, -0.1) is 0 Å². The van der Waals surface area contributed by atoms with Gasteiger partial charge in [-0.3, -0.25) is 0 Å². The van der Waals surface area contributed by atoms with Gasteiger partial charge in [0.1, 0.15) is 11.2 Å². The summed E-state index contributed by atoms with van der Waals surface area (Å²) in [5.41, 5.74) is -1.51. The monoisotopic (exact) mass is 437 g/mol. The number of hydrogen-bond donors (Lipinski definition) is 0. The molecule has 1 aromatic heterocycles. The number of para-hydroxylation sites is 1. The predicted molar refractivity (Wildman–Crippen MR) is 122 cm³/mol. The highest BCUT2D eigenvalue weighted by Crippen LogP contribution is 2.42. The topological polar surface area (TPSA) is 13.1 Å². The summed E-state index contributed by atoms with van der Waals surface area (Å²) < 4.78 is 133. The lowest BCUT2D eigenvalue weighted by Gasteiger charge is -2.14. The van der Waals surface area contributed by atoms with Crippen LogP contribution in [-0.2, 0) is 0 Å². The van der Waals surface area contributed by atoms with Gasteiger partial charge in [0.2, 0.25) is 0 Å². The molecule has 0 spiro atoms. The first kappa shape index (κ1) is 7.06. The summed E-state index contributed by atoms with van der Waals surface area (Å²) in [6, 6.07) is -9.18. The van der Waals surface area contributed by atoms with E-state index in [0.717, 1.165) is 0 Å². The molecule has 0 aliphatic rings. The maximum absolute atomic E-state index is 9.13. The smallest absolute Gasteiger partial charge is 0.136 e. The fourth-order valence-electron chi connectivity index (χ4n) is 3.25. The third-order valence-electron chi connectivity index (χ3n) is 4.45. The first-order chi connectivity index (χ1) is 20.1. The van der Waals surface area contributed by atoms with Gasteiger partial charge in [-0.2, -0.15) is 0 Å². The molecule has 0 fully saturated rings. The van der Waals surface area contributed by atoms with Crippen LogP contribution in [0.25, 0.3) is 54.6 Å². The summed E-state index contributed by atoms with van der Waals surface area (Å²) in [6.45, 7) is 0. The van der Waals surface area contributed by atoms with Gasteiger partial charge >= 0.3 is 0 Å². The molecule has 0 unspecified atom stereocenters. The highest BCUT2D eigenvalue weighted by atomic mass is 79.9. The quantitative estimate of drug-likeness (QED) is 0.235. The standard InChI is InChI=1S/C26H15BrO/c27-26-21-10-3-1-8-19(21)25(20-9-2-4-11-22(20)26)16-13-14-18-17-7-5-6-12-23(17)28-24(18)15-16/h1-15H/i1D,2D,3D,4D,5D,6D,7D,8D,9D,10D,11D,12D,13D,14D,15D. The Morgan fingerprint density at radius 1 is 0.571 bits per heavy atom. The molecule has 132 valence electrons. The first-order valence-corrected chi connectivity index (χ1v) is 8.89. The predicted octanol–water partition coefficient (Wildman–Crippen LogP) is 8.32. The van der Waals surface area contributed by atoms with Crippen LogP contribution in [0, 0.1) is 0 Å². The molecule has 28 heavy (non-hydrogen) atoms. The van der Waals surface area contributed by atoms with Crippen molar-refractivity contribution in [2.24, 2.45) is 0 Å². The Bertz CT molecular complexity index is 2230. The molecule has 0 bridgehead atoms. The number of furan rings is 1. The third-order valence-corrected chi connectivity index (χ3v) is 5.24. The Morgan fingerprint density at radius 2 is 1.11 bits per heavy atom. The van der Waals surface area contributed by atoms with Gasteiger partial charge in [-0.25, -0.2) is 0 Å². The molecule has 1 nitrogen and oxygen atoms in total. The summed E-state index contributed by atoms with van der Waals surface area (Å²) in [5, 5.41) is -1.33. The average molecular weight is 438 g/mol. The van der Waals surface area contributed by atoms with Crippen LogP contribution >= 0.6 is 15.9 Å². The molecule has 6 aromatic rings. The zero-order valence-corrected chi connectivity index (χ0v) is 15.4. The van der Waals surface area contributed by atoms with Crippen molar-refractivity contribution < 1.29 is 25.0 Å². The SMILES string of the molecule is [2H]c1c([2H])c([2H])c2c(oc3c([2H])c(-c4c5c([2H])c([2H])c([2H])c([2H])c5c(Br)c5c([2H])c([2H])c([2H])c([2H])c45)c([2H])c([2H])c32)c1[2H]. The average Bonchev–Trinajstić information content (AvgIpc) is 3.39. The Balaban J connectivity index is 2.00. The van der Waals surface area contributed by atoms with Crippen LogP contribution in [-0.4, -0.2) is 0 Å². The van der Waals surface area contributed by atoms with Crippen molar-refractivity contribution in [3.63, 3.8) is 0 Å². The molecule has 0 N–H and O–H groups in total. The summed E-state index contributed by atoms with van der Waals surface area (Å²) in [4.78, 5) is 0. The Morgan fingerprint density at radius 3 is 1.79 bits per heavy atom. The van der Waals surface area contributed by atoms with Gasteiger partial charge in [0.15, 0.2) is 0 Å². The van der Waals surface area contributed by atoms with E-state index in [1.165, 1.54) is 0 Å². The largest absolute Gasteiger partial charge is 0.456 e. The Kier molecular flexibility index (Phi) is 1.50. The van der Waals surface area contributed by atoms with Gasteiger partial charge < -0.3 is 4.42 Å². The van der Waals surface area contributed by atoms with Gasteiger partial charge in [0.05, 0.1) is 20.6 Å². The lowest BCUT2D eigenvalue weighted by atomic mass is 9.91. The maximum atomic E-state index is 9.13. The van der Waals surface area contributed by atoms with Crippen molar-refractivity contribution in [1.82, 2.24) is 0 Å². The fourth-order valence-corrected chi connectivity index (χ4v) is 3.85. The number of hydrogen-bond acceptors (Lipinski definition) is 1. The van der Waals surface area contributed by atoms with E-state index in [-0.39, 0.29) is 47.9 Å². The molecule has 0 amide bonds.